The SMILES string of the molecule is Cl.O=S(=O)(NCC1(N2CCCCC2)CCCCC1)c1cccs1. The third kappa shape index (κ3) is 4.48. The maximum Gasteiger partial charge on any atom is 0.250 e. The number of piperidine rings is 1. The van der Waals surface area contributed by atoms with Gasteiger partial charge >= 0.3 is 0 Å². The number of hydrogen-bond donors (Lipinski definition) is 1. The molecular formula is C16H27ClN2O2S2. The fourth-order valence-corrected chi connectivity index (χ4v) is 6.06. The molecule has 0 atom stereocenters. The van der Waals surface area contributed by atoms with Crippen molar-refractivity contribution in [2.24, 2.45) is 0 Å². The van der Waals surface area contributed by atoms with Crippen molar-refractivity contribution < 1.29 is 8.42 Å². The molecule has 0 aromatic carbocycles. The number of thiophene rings is 1. The smallest absolute Gasteiger partial charge is 0.250 e. The first-order chi connectivity index (χ1) is 10.6. The fraction of sp³-hybridized carbons (Fsp3) is 0.750. The van der Waals surface area contributed by atoms with Gasteiger partial charge in [0.15, 0.2) is 0 Å². The maximum atomic E-state index is 12.4. The third-order valence-corrected chi connectivity index (χ3v) is 7.96. The van der Waals surface area contributed by atoms with Gasteiger partial charge in [0, 0.05) is 12.1 Å². The zero-order chi connectivity index (χ0) is 15.5. The summed E-state index contributed by atoms with van der Waals surface area (Å²) in [6.45, 7) is 2.81. The highest BCUT2D eigenvalue weighted by molar-refractivity contribution is 7.91. The Morgan fingerprint density at radius 2 is 1.74 bits per heavy atom. The lowest BCUT2D eigenvalue weighted by molar-refractivity contribution is 0.0376. The summed E-state index contributed by atoms with van der Waals surface area (Å²) in [5.41, 5.74) is 0.0446. The second-order valence-corrected chi connectivity index (χ2v) is 9.53. The van der Waals surface area contributed by atoms with Crippen LogP contribution in [-0.2, 0) is 10.0 Å². The number of rotatable bonds is 5. The van der Waals surface area contributed by atoms with Gasteiger partial charge in [0.2, 0.25) is 10.0 Å². The summed E-state index contributed by atoms with van der Waals surface area (Å²) < 4.78 is 28.2. The van der Waals surface area contributed by atoms with Crippen LogP contribution in [0.4, 0.5) is 0 Å². The second-order valence-electron chi connectivity index (χ2n) is 6.59. The van der Waals surface area contributed by atoms with E-state index in [-0.39, 0.29) is 17.9 Å². The Bertz CT molecular complexity index is 563. The maximum absolute atomic E-state index is 12.4. The molecule has 2 heterocycles. The molecule has 4 nitrogen and oxygen atoms in total. The van der Waals surface area contributed by atoms with Gasteiger partial charge < -0.3 is 0 Å². The lowest BCUT2D eigenvalue weighted by atomic mass is 9.79. The Labute approximate surface area is 150 Å². The van der Waals surface area contributed by atoms with Crippen LogP contribution in [-0.4, -0.2) is 38.5 Å². The standard InChI is InChI=1S/C16H26N2O2S2.ClH/c19-22(20,15-8-7-13-21-15)17-14-16(9-3-1-4-10-16)18-11-5-2-6-12-18;/h7-8,13,17H,1-6,9-12,14H2;1H. The second kappa shape index (κ2) is 8.30. The molecule has 2 fully saturated rings. The third-order valence-electron chi connectivity index (χ3n) is 5.16. The molecule has 1 saturated carbocycles. The van der Waals surface area contributed by atoms with Crippen molar-refractivity contribution in [3.8, 4) is 0 Å². The molecule has 1 aliphatic heterocycles. The minimum Gasteiger partial charge on any atom is -0.296 e. The van der Waals surface area contributed by atoms with Crippen LogP contribution in [0.2, 0.25) is 0 Å². The van der Waals surface area contributed by atoms with Gasteiger partial charge in [-0.1, -0.05) is 31.7 Å². The summed E-state index contributed by atoms with van der Waals surface area (Å²) in [4.78, 5) is 2.58. The molecule has 132 valence electrons. The summed E-state index contributed by atoms with van der Waals surface area (Å²) >= 11 is 1.29. The van der Waals surface area contributed by atoms with Crippen LogP contribution in [0.1, 0.15) is 51.4 Å². The molecule has 0 amide bonds. The van der Waals surface area contributed by atoms with Gasteiger partial charge in [-0.05, 0) is 50.2 Å². The Kier molecular flexibility index (Phi) is 6.92. The predicted octanol–water partition coefficient (Wildman–Crippen LogP) is 3.64. The molecule has 3 rings (SSSR count). The van der Waals surface area contributed by atoms with E-state index in [1.54, 1.807) is 12.1 Å². The number of nitrogens with zero attached hydrogens (tertiary/aromatic N) is 1. The van der Waals surface area contributed by atoms with Gasteiger partial charge in [0.1, 0.15) is 4.21 Å². The van der Waals surface area contributed by atoms with E-state index in [9.17, 15) is 8.42 Å². The summed E-state index contributed by atoms with van der Waals surface area (Å²) in [6, 6.07) is 3.47. The first-order valence-corrected chi connectivity index (χ1v) is 10.8. The van der Waals surface area contributed by atoms with Gasteiger partial charge in [0.05, 0.1) is 0 Å². The molecule has 0 unspecified atom stereocenters. The predicted molar refractivity (Wildman–Crippen MR) is 98.0 cm³/mol. The lowest BCUT2D eigenvalue weighted by Crippen LogP contribution is -2.58. The molecular weight excluding hydrogens is 352 g/mol. The van der Waals surface area contributed by atoms with E-state index in [1.165, 1.54) is 49.9 Å². The van der Waals surface area contributed by atoms with Gasteiger partial charge in [-0.2, -0.15) is 0 Å². The van der Waals surface area contributed by atoms with Crippen molar-refractivity contribution in [2.45, 2.75) is 61.1 Å². The first kappa shape index (κ1) is 19.2. The van der Waals surface area contributed by atoms with E-state index in [0.29, 0.717) is 10.8 Å². The molecule has 0 bridgehead atoms. The summed E-state index contributed by atoms with van der Waals surface area (Å²) in [5, 5.41) is 1.82. The molecule has 7 heteroatoms. The van der Waals surface area contributed by atoms with Gasteiger partial charge in [-0.25, -0.2) is 13.1 Å². The van der Waals surface area contributed by atoms with E-state index < -0.39 is 10.0 Å². The van der Waals surface area contributed by atoms with E-state index in [2.05, 4.69) is 9.62 Å². The largest absolute Gasteiger partial charge is 0.296 e. The van der Waals surface area contributed by atoms with Crippen molar-refractivity contribution in [1.29, 1.82) is 0 Å². The molecule has 0 spiro atoms. The van der Waals surface area contributed by atoms with Crippen molar-refractivity contribution in [3.05, 3.63) is 17.5 Å². The Balaban J connectivity index is 0.00000192. The van der Waals surface area contributed by atoms with Crippen LogP contribution in [0.3, 0.4) is 0 Å². The molecule has 1 N–H and O–H groups in total. The minimum atomic E-state index is -3.35. The van der Waals surface area contributed by atoms with Crippen molar-refractivity contribution in [2.75, 3.05) is 19.6 Å². The minimum absolute atomic E-state index is 0. The van der Waals surface area contributed by atoms with Gasteiger partial charge in [-0.15, -0.1) is 23.7 Å². The molecule has 1 aliphatic carbocycles. The Hall–Kier alpha value is -0.140. The molecule has 1 aromatic rings. The lowest BCUT2D eigenvalue weighted by Gasteiger charge is -2.48. The number of sulfonamides is 1. The van der Waals surface area contributed by atoms with Crippen LogP contribution in [0.25, 0.3) is 0 Å². The monoisotopic (exact) mass is 378 g/mol. The molecule has 2 aliphatic rings. The van der Waals surface area contributed by atoms with Crippen LogP contribution in [0.5, 0.6) is 0 Å². The van der Waals surface area contributed by atoms with Crippen molar-refractivity contribution in [3.63, 3.8) is 0 Å². The van der Waals surface area contributed by atoms with Crippen molar-refractivity contribution >= 4 is 33.8 Å². The van der Waals surface area contributed by atoms with Crippen molar-refractivity contribution in [1.82, 2.24) is 9.62 Å². The van der Waals surface area contributed by atoms with Crippen LogP contribution in [0.15, 0.2) is 21.7 Å². The highest BCUT2D eigenvalue weighted by atomic mass is 35.5. The van der Waals surface area contributed by atoms with E-state index in [1.807, 2.05) is 5.38 Å². The highest BCUT2D eigenvalue weighted by Gasteiger charge is 2.39. The fourth-order valence-electron chi connectivity index (χ4n) is 3.90. The molecule has 1 saturated heterocycles. The number of likely N-dealkylation sites (tertiary alicyclic amines) is 1. The van der Waals surface area contributed by atoms with Gasteiger partial charge in [0.25, 0.3) is 0 Å². The molecule has 23 heavy (non-hydrogen) atoms. The van der Waals surface area contributed by atoms with Gasteiger partial charge in [-0.3, -0.25) is 4.90 Å². The molecule has 1 aromatic heterocycles. The quantitative estimate of drug-likeness (QED) is 0.850. The summed E-state index contributed by atoms with van der Waals surface area (Å²) in [5.74, 6) is 0. The highest BCUT2D eigenvalue weighted by Crippen LogP contribution is 2.35. The van der Waals surface area contributed by atoms with E-state index >= 15 is 0 Å². The Morgan fingerprint density at radius 1 is 1.09 bits per heavy atom. The summed E-state index contributed by atoms with van der Waals surface area (Å²) in [7, 11) is -3.35. The zero-order valence-corrected chi connectivity index (χ0v) is 15.9. The average Bonchev–Trinajstić information content (AvgIpc) is 3.10. The van der Waals surface area contributed by atoms with Crippen LogP contribution >= 0.6 is 23.7 Å². The number of halogens is 1. The normalized spacial score (nSPS) is 22.4. The average molecular weight is 379 g/mol. The summed E-state index contributed by atoms with van der Waals surface area (Å²) in [6.07, 6.45) is 9.79. The topological polar surface area (TPSA) is 49.4 Å². The molecule has 0 radical (unpaired) electrons. The van der Waals surface area contributed by atoms with E-state index in [4.69, 9.17) is 0 Å². The zero-order valence-electron chi connectivity index (χ0n) is 13.5. The van der Waals surface area contributed by atoms with E-state index in [0.717, 1.165) is 25.9 Å². The first-order valence-electron chi connectivity index (χ1n) is 8.41. The van der Waals surface area contributed by atoms with Crippen LogP contribution in [0, 0.1) is 0 Å². The number of hydrogen-bond acceptors (Lipinski definition) is 4. The number of nitrogens with one attached hydrogen (secondary N) is 1. The van der Waals surface area contributed by atoms with Crippen LogP contribution < -0.4 is 4.72 Å². The Morgan fingerprint density at radius 3 is 2.35 bits per heavy atom.